The maximum atomic E-state index is 11.8. The number of hydrogen-bond acceptors (Lipinski definition) is 1. The third-order valence-electron chi connectivity index (χ3n) is 3.42. The molecule has 3 rings (SSSR count). The van der Waals surface area contributed by atoms with E-state index in [2.05, 4.69) is 40.9 Å². The van der Waals surface area contributed by atoms with E-state index in [-0.39, 0.29) is 5.78 Å². The second-order valence-corrected chi connectivity index (χ2v) is 6.03. The molecular formula is C18H14INO. The lowest BCUT2D eigenvalue weighted by Gasteiger charge is -2.02. The lowest BCUT2D eigenvalue weighted by molar-refractivity contribution is 0.101. The smallest absolute Gasteiger partial charge is 0.161 e. The highest BCUT2D eigenvalue weighted by Gasteiger charge is 2.10. The van der Waals surface area contributed by atoms with Crippen LogP contribution in [0.1, 0.15) is 22.8 Å². The van der Waals surface area contributed by atoms with Crippen LogP contribution in [-0.2, 0) is 0 Å². The first-order valence-electron chi connectivity index (χ1n) is 6.70. The largest absolute Gasteiger partial charge is 0.321 e. The Morgan fingerprint density at radius 1 is 1.05 bits per heavy atom. The highest BCUT2D eigenvalue weighted by atomic mass is 127. The molecular weight excluding hydrogens is 373 g/mol. The second-order valence-electron chi connectivity index (χ2n) is 4.87. The summed E-state index contributed by atoms with van der Waals surface area (Å²) in [5.74, 6) is 0.0908. The minimum absolute atomic E-state index is 0.0908. The Kier molecular flexibility index (Phi) is 3.92. The van der Waals surface area contributed by atoms with Gasteiger partial charge in [0.2, 0.25) is 0 Å². The Labute approximate surface area is 137 Å². The van der Waals surface area contributed by atoms with Crippen LogP contribution in [0.4, 0.5) is 0 Å². The molecule has 1 aromatic heterocycles. The van der Waals surface area contributed by atoms with E-state index in [1.165, 1.54) is 5.56 Å². The minimum atomic E-state index is 0.0908. The fourth-order valence-corrected chi connectivity index (χ4v) is 3.05. The summed E-state index contributed by atoms with van der Waals surface area (Å²) in [6, 6.07) is 18.2. The van der Waals surface area contributed by atoms with E-state index in [9.17, 15) is 4.79 Å². The Bertz CT molecular complexity index is 831. The van der Waals surface area contributed by atoms with Gasteiger partial charge in [0.05, 0.1) is 5.52 Å². The van der Waals surface area contributed by atoms with Crippen molar-refractivity contribution in [2.45, 2.75) is 6.92 Å². The van der Waals surface area contributed by atoms with Crippen molar-refractivity contribution in [3.63, 3.8) is 0 Å². The van der Waals surface area contributed by atoms with Gasteiger partial charge in [-0.15, -0.1) is 0 Å². The Morgan fingerprint density at radius 3 is 2.43 bits per heavy atom. The fraction of sp³-hybridized carbons (Fsp3) is 0.0556. The summed E-state index contributed by atoms with van der Waals surface area (Å²) in [4.78, 5) is 11.8. The first-order valence-corrected chi connectivity index (χ1v) is 7.78. The summed E-state index contributed by atoms with van der Waals surface area (Å²) in [7, 11) is 0. The number of nitrogens with zero attached hydrogens (tertiary/aromatic N) is 1. The number of fused-ring (bicyclic) bond motifs is 1. The molecule has 0 amide bonds. The van der Waals surface area contributed by atoms with Crippen molar-refractivity contribution in [3.8, 4) is 0 Å². The number of halogens is 1. The lowest BCUT2D eigenvalue weighted by atomic mass is 10.1. The predicted octanol–water partition coefficient (Wildman–Crippen LogP) is 5.23. The van der Waals surface area contributed by atoms with Gasteiger partial charge in [-0.1, -0.05) is 48.5 Å². The molecule has 0 N–H and O–H groups in total. The van der Waals surface area contributed by atoms with Crippen LogP contribution in [0.3, 0.4) is 0 Å². The van der Waals surface area contributed by atoms with Crippen molar-refractivity contribution in [1.29, 1.82) is 0 Å². The van der Waals surface area contributed by atoms with E-state index >= 15 is 0 Å². The Balaban J connectivity index is 2.15. The quantitative estimate of drug-likeness (QED) is 0.445. The topological polar surface area (TPSA) is 22.0 Å². The first-order chi connectivity index (χ1) is 10.2. The summed E-state index contributed by atoms with van der Waals surface area (Å²) in [5.41, 5.74) is 2.98. The van der Waals surface area contributed by atoms with Crippen LogP contribution < -0.4 is 0 Å². The van der Waals surface area contributed by atoms with Gasteiger partial charge in [0.25, 0.3) is 0 Å². The second kappa shape index (κ2) is 5.85. The number of ketones is 1. The van der Waals surface area contributed by atoms with Gasteiger partial charge in [-0.05, 0) is 41.1 Å². The standard InChI is InChI=1S/C18H14INO/c1-13(21)16-11-20(18-10-6-5-9-15(16)18)12-17(19)14-7-3-2-4-8-14/h2-12H,1H3/b17-12+. The predicted molar refractivity (Wildman–Crippen MR) is 96.6 cm³/mol. The third-order valence-corrected chi connectivity index (χ3v) is 4.32. The SMILES string of the molecule is CC(=O)c1cn(/C=C(/I)c2ccccc2)c2ccccc12. The molecule has 0 saturated carbocycles. The minimum Gasteiger partial charge on any atom is -0.321 e. The van der Waals surface area contributed by atoms with Gasteiger partial charge in [-0.3, -0.25) is 4.79 Å². The molecule has 0 saturated heterocycles. The van der Waals surface area contributed by atoms with E-state index in [0.29, 0.717) is 0 Å². The van der Waals surface area contributed by atoms with E-state index in [4.69, 9.17) is 0 Å². The van der Waals surface area contributed by atoms with Crippen LogP contribution in [0.5, 0.6) is 0 Å². The van der Waals surface area contributed by atoms with Crippen molar-refractivity contribution < 1.29 is 4.79 Å². The van der Waals surface area contributed by atoms with Crippen LogP contribution in [0.2, 0.25) is 0 Å². The number of benzene rings is 2. The zero-order chi connectivity index (χ0) is 14.8. The molecule has 0 bridgehead atoms. The number of rotatable bonds is 3. The summed E-state index contributed by atoms with van der Waals surface area (Å²) in [6.45, 7) is 1.61. The highest BCUT2D eigenvalue weighted by molar-refractivity contribution is 14.1. The van der Waals surface area contributed by atoms with Gasteiger partial charge in [0.1, 0.15) is 0 Å². The molecule has 104 valence electrons. The average Bonchev–Trinajstić information content (AvgIpc) is 2.87. The van der Waals surface area contributed by atoms with Gasteiger partial charge in [0.15, 0.2) is 5.78 Å². The van der Waals surface area contributed by atoms with Gasteiger partial charge in [-0.25, -0.2) is 0 Å². The Morgan fingerprint density at radius 2 is 1.71 bits per heavy atom. The molecule has 21 heavy (non-hydrogen) atoms. The molecule has 2 nitrogen and oxygen atoms in total. The van der Waals surface area contributed by atoms with Crippen LogP contribution in [0, 0.1) is 0 Å². The zero-order valence-corrected chi connectivity index (χ0v) is 13.7. The molecule has 3 aromatic rings. The summed E-state index contributed by atoms with van der Waals surface area (Å²) in [6.07, 6.45) is 3.97. The molecule has 0 spiro atoms. The Hall–Kier alpha value is -1.88. The van der Waals surface area contributed by atoms with Crippen molar-refractivity contribution in [1.82, 2.24) is 4.57 Å². The maximum Gasteiger partial charge on any atom is 0.161 e. The van der Waals surface area contributed by atoms with Crippen molar-refractivity contribution in [3.05, 3.63) is 71.9 Å². The fourth-order valence-electron chi connectivity index (χ4n) is 2.39. The summed E-state index contributed by atoms with van der Waals surface area (Å²) >= 11 is 2.33. The number of hydrogen-bond donors (Lipinski definition) is 0. The van der Waals surface area contributed by atoms with Crippen LogP contribution in [-0.4, -0.2) is 10.4 Å². The summed E-state index contributed by atoms with van der Waals surface area (Å²) < 4.78 is 3.16. The molecule has 0 unspecified atom stereocenters. The molecule has 0 radical (unpaired) electrons. The first kappa shape index (κ1) is 14.1. The van der Waals surface area contributed by atoms with Gasteiger partial charge in [-0.2, -0.15) is 0 Å². The van der Waals surface area contributed by atoms with Crippen molar-refractivity contribution in [2.24, 2.45) is 0 Å². The number of Topliss-reactive ketones (excluding diaryl/α,β-unsaturated/α-hetero) is 1. The molecule has 0 aliphatic rings. The van der Waals surface area contributed by atoms with Gasteiger partial charge >= 0.3 is 0 Å². The molecule has 1 heterocycles. The lowest BCUT2D eigenvalue weighted by Crippen LogP contribution is -1.89. The van der Waals surface area contributed by atoms with Crippen LogP contribution in [0.25, 0.3) is 20.7 Å². The van der Waals surface area contributed by atoms with Gasteiger partial charge < -0.3 is 4.57 Å². The highest BCUT2D eigenvalue weighted by Crippen LogP contribution is 2.27. The van der Waals surface area contributed by atoms with E-state index in [1.54, 1.807) is 6.92 Å². The third kappa shape index (κ3) is 2.78. The van der Waals surface area contributed by atoms with Crippen LogP contribution in [0.15, 0.2) is 60.8 Å². The monoisotopic (exact) mass is 387 g/mol. The maximum absolute atomic E-state index is 11.8. The molecule has 0 aliphatic carbocycles. The van der Waals surface area contributed by atoms with Crippen LogP contribution >= 0.6 is 22.6 Å². The molecule has 0 fully saturated rings. The van der Waals surface area contributed by atoms with E-state index in [1.807, 2.05) is 53.2 Å². The normalized spacial score (nSPS) is 11.8. The molecule has 3 heteroatoms. The number of para-hydroxylation sites is 1. The molecule has 0 aliphatic heterocycles. The van der Waals surface area contributed by atoms with E-state index in [0.717, 1.165) is 20.0 Å². The number of carbonyl (C=O) groups excluding carboxylic acids is 1. The van der Waals surface area contributed by atoms with Crippen molar-refractivity contribution in [2.75, 3.05) is 0 Å². The number of aromatic nitrogens is 1. The average molecular weight is 387 g/mol. The summed E-state index contributed by atoms with van der Waals surface area (Å²) in [5, 5.41) is 0.999. The number of carbonyl (C=O) groups is 1. The van der Waals surface area contributed by atoms with E-state index < -0.39 is 0 Å². The van der Waals surface area contributed by atoms with Crippen molar-refractivity contribution >= 4 is 49.1 Å². The molecule has 0 atom stereocenters. The van der Waals surface area contributed by atoms with Gasteiger partial charge in [0, 0.05) is 26.9 Å². The zero-order valence-electron chi connectivity index (χ0n) is 11.6. The molecule has 2 aromatic carbocycles.